The molecule has 0 aliphatic carbocycles. The van der Waals surface area contributed by atoms with Gasteiger partial charge >= 0.3 is 0 Å². The smallest absolute Gasteiger partial charge is 0.244 e. The number of amides is 1. The molecule has 5 nitrogen and oxygen atoms in total. The molecule has 1 amide bonds. The molecule has 0 fully saturated rings. The Morgan fingerprint density at radius 2 is 1.72 bits per heavy atom. The Labute approximate surface area is 179 Å². The number of aryl methyl sites for hydroxylation is 1. The number of hydrogen-bond donors (Lipinski definition) is 1. The van der Waals surface area contributed by atoms with Crippen molar-refractivity contribution in [1.29, 1.82) is 0 Å². The summed E-state index contributed by atoms with van der Waals surface area (Å²) in [6, 6.07) is 13.6. The number of nitrogens with zero attached hydrogens (tertiary/aromatic N) is 1. The van der Waals surface area contributed by atoms with E-state index in [0.717, 1.165) is 28.1 Å². The molecule has 0 unspecified atom stereocenters. The number of carbonyl (C=O) groups is 1. The molecule has 158 valence electrons. The second-order valence-corrected chi connectivity index (χ2v) is 10.0. The van der Waals surface area contributed by atoms with Crippen LogP contribution in [-0.2, 0) is 14.8 Å². The second-order valence-electron chi connectivity index (χ2n) is 7.77. The molecule has 2 aromatic rings. The van der Waals surface area contributed by atoms with Crippen LogP contribution in [0.5, 0.6) is 0 Å². The van der Waals surface area contributed by atoms with Crippen molar-refractivity contribution >= 4 is 33.2 Å². The van der Waals surface area contributed by atoms with E-state index < -0.39 is 16.1 Å². The Kier molecular flexibility index (Phi) is 7.72. The third kappa shape index (κ3) is 6.21. The summed E-state index contributed by atoms with van der Waals surface area (Å²) in [5.74, 6) is -0.000598. The number of nitrogens with one attached hydrogen (secondary N) is 1. The van der Waals surface area contributed by atoms with E-state index in [1.165, 1.54) is 0 Å². The lowest BCUT2D eigenvalue weighted by Crippen LogP contribution is -2.48. The van der Waals surface area contributed by atoms with Crippen molar-refractivity contribution in [1.82, 2.24) is 5.32 Å². The largest absolute Gasteiger partial charge is 0.347 e. The van der Waals surface area contributed by atoms with Crippen molar-refractivity contribution in [2.75, 3.05) is 10.6 Å². The molecule has 0 heterocycles. The van der Waals surface area contributed by atoms with Crippen LogP contribution < -0.4 is 9.62 Å². The molecule has 0 bridgehead atoms. The molecule has 2 atom stereocenters. The number of halogens is 1. The first-order valence-electron chi connectivity index (χ1n) is 9.61. The Morgan fingerprint density at radius 3 is 2.24 bits per heavy atom. The minimum absolute atomic E-state index is 0.200. The summed E-state index contributed by atoms with van der Waals surface area (Å²) in [7, 11) is -3.70. The van der Waals surface area contributed by atoms with Crippen LogP contribution in [0, 0.1) is 12.8 Å². The Balaban J connectivity index is 2.33. The maximum atomic E-state index is 13.1. The standard InChI is InChI=1S/C22H29ClN2O3S/c1-15(2)13-21(18-9-7-6-8-10-18)24-22(26)17(4)25(29(5,27)28)19-12-11-16(3)20(23)14-19/h6-12,14-15,17,21H,13H2,1-5H3,(H,24,26)/t17-,21+/m0/s1. The summed E-state index contributed by atoms with van der Waals surface area (Å²) in [4.78, 5) is 13.1. The van der Waals surface area contributed by atoms with E-state index in [2.05, 4.69) is 19.2 Å². The fraction of sp³-hybridized carbons (Fsp3) is 0.409. The quantitative estimate of drug-likeness (QED) is 0.651. The minimum Gasteiger partial charge on any atom is -0.347 e. The molecule has 0 saturated carbocycles. The minimum atomic E-state index is -3.70. The first kappa shape index (κ1) is 23.2. The van der Waals surface area contributed by atoms with Crippen LogP contribution in [0.4, 0.5) is 5.69 Å². The molecule has 2 aromatic carbocycles. The molecular formula is C22H29ClN2O3S. The lowest BCUT2D eigenvalue weighted by atomic mass is 9.96. The summed E-state index contributed by atoms with van der Waals surface area (Å²) >= 11 is 6.19. The third-order valence-corrected chi connectivity index (χ3v) is 6.37. The molecule has 0 saturated heterocycles. The van der Waals surface area contributed by atoms with Crippen LogP contribution in [0.2, 0.25) is 5.02 Å². The van der Waals surface area contributed by atoms with Gasteiger partial charge in [0, 0.05) is 5.02 Å². The molecule has 0 aromatic heterocycles. The highest BCUT2D eigenvalue weighted by atomic mass is 35.5. The summed E-state index contributed by atoms with van der Waals surface area (Å²) in [6.45, 7) is 7.59. The molecule has 7 heteroatoms. The third-order valence-electron chi connectivity index (χ3n) is 4.72. The maximum absolute atomic E-state index is 13.1. The zero-order valence-electron chi connectivity index (χ0n) is 17.5. The van der Waals surface area contributed by atoms with Gasteiger partial charge < -0.3 is 5.32 Å². The summed E-state index contributed by atoms with van der Waals surface area (Å²) in [6.07, 6.45) is 1.84. The zero-order chi connectivity index (χ0) is 21.8. The number of anilines is 1. The molecule has 0 aliphatic rings. The van der Waals surface area contributed by atoms with Gasteiger partial charge in [-0.2, -0.15) is 0 Å². The molecule has 0 aliphatic heterocycles. The zero-order valence-corrected chi connectivity index (χ0v) is 19.1. The number of benzene rings is 2. The monoisotopic (exact) mass is 436 g/mol. The van der Waals surface area contributed by atoms with Crippen LogP contribution in [0.15, 0.2) is 48.5 Å². The van der Waals surface area contributed by atoms with Gasteiger partial charge in [-0.1, -0.05) is 61.8 Å². The second kappa shape index (κ2) is 9.63. The van der Waals surface area contributed by atoms with Crippen molar-refractivity contribution in [2.24, 2.45) is 5.92 Å². The Morgan fingerprint density at radius 1 is 1.10 bits per heavy atom. The Bertz CT molecular complexity index is 946. The first-order valence-corrected chi connectivity index (χ1v) is 11.8. The van der Waals surface area contributed by atoms with Gasteiger partial charge in [-0.3, -0.25) is 9.10 Å². The number of carbonyl (C=O) groups excluding carboxylic acids is 1. The topological polar surface area (TPSA) is 66.5 Å². The van der Waals surface area contributed by atoms with Crippen LogP contribution in [0.1, 0.15) is 44.4 Å². The van der Waals surface area contributed by atoms with Gasteiger partial charge in [-0.25, -0.2) is 8.42 Å². The summed E-state index contributed by atoms with van der Waals surface area (Å²) in [5.41, 5.74) is 2.19. The summed E-state index contributed by atoms with van der Waals surface area (Å²) < 4.78 is 26.1. The van der Waals surface area contributed by atoms with E-state index in [1.807, 2.05) is 37.3 Å². The fourth-order valence-electron chi connectivity index (χ4n) is 3.26. The lowest BCUT2D eigenvalue weighted by molar-refractivity contribution is -0.122. The van der Waals surface area contributed by atoms with Crippen LogP contribution >= 0.6 is 11.6 Å². The van der Waals surface area contributed by atoms with Crippen molar-refractivity contribution in [2.45, 2.75) is 46.2 Å². The van der Waals surface area contributed by atoms with Crippen LogP contribution in [0.3, 0.4) is 0 Å². The molecule has 0 radical (unpaired) electrons. The number of sulfonamides is 1. The van der Waals surface area contributed by atoms with Crippen molar-refractivity contribution < 1.29 is 13.2 Å². The van der Waals surface area contributed by atoms with Crippen LogP contribution in [0.25, 0.3) is 0 Å². The van der Waals surface area contributed by atoms with Gasteiger partial charge in [0.25, 0.3) is 0 Å². The fourth-order valence-corrected chi connectivity index (χ4v) is 4.60. The summed E-state index contributed by atoms with van der Waals surface area (Å²) in [5, 5.41) is 3.48. The highest BCUT2D eigenvalue weighted by Crippen LogP contribution is 2.27. The number of rotatable bonds is 8. The Hall–Kier alpha value is -2.05. The van der Waals surface area contributed by atoms with E-state index in [0.29, 0.717) is 16.6 Å². The van der Waals surface area contributed by atoms with Gasteiger partial charge in [-0.05, 0) is 49.4 Å². The SMILES string of the molecule is Cc1ccc(N([C@@H](C)C(=O)N[C@H](CC(C)C)c2ccccc2)S(C)(=O)=O)cc1Cl. The molecular weight excluding hydrogens is 408 g/mol. The molecule has 1 N–H and O–H groups in total. The normalized spacial score (nSPS) is 13.8. The van der Waals surface area contributed by atoms with Gasteiger partial charge in [0.15, 0.2) is 0 Å². The van der Waals surface area contributed by atoms with Crippen molar-refractivity contribution in [3.05, 3.63) is 64.7 Å². The lowest BCUT2D eigenvalue weighted by Gasteiger charge is -2.30. The van der Waals surface area contributed by atoms with E-state index in [-0.39, 0.29) is 11.9 Å². The average Bonchev–Trinajstić information content (AvgIpc) is 2.63. The number of hydrogen-bond acceptors (Lipinski definition) is 3. The average molecular weight is 437 g/mol. The predicted octanol–water partition coefficient (Wildman–Crippen LogP) is 4.71. The maximum Gasteiger partial charge on any atom is 0.244 e. The molecule has 0 spiro atoms. The van der Waals surface area contributed by atoms with Gasteiger partial charge in [0.2, 0.25) is 15.9 Å². The van der Waals surface area contributed by atoms with E-state index >= 15 is 0 Å². The van der Waals surface area contributed by atoms with E-state index in [1.54, 1.807) is 25.1 Å². The van der Waals surface area contributed by atoms with E-state index in [4.69, 9.17) is 11.6 Å². The van der Waals surface area contributed by atoms with Crippen molar-refractivity contribution in [3.8, 4) is 0 Å². The van der Waals surface area contributed by atoms with Gasteiger partial charge in [-0.15, -0.1) is 0 Å². The first-order chi connectivity index (χ1) is 13.5. The highest BCUT2D eigenvalue weighted by Gasteiger charge is 2.31. The van der Waals surface area contributed by atoms with Crippen LogP contribution in [-0.4, -0.2) is 26.6 Å². The van der Waals surface area contributed by atoms with Crippen molar-refractivity contribution in [3.63, 3.8) is 0 Å². The van der Waals surface area contributed by atoms with E-state index in [9.17, 15) is 13.2 Å². The molecule has 29 heavy (non-hydrogen) atoms. The van der Waals surface area contributed by atoms with Gasteiger partial charge in [0.05, 0.1) is 18.0 Å². The highest BCUT2D eigenvalue weighted by molar-refractivity contribution is 7.92. The molecule has 2 rings (SSSR count). The predicted molar refractivity (Wildman–Crippen MR) is 120 cm³/mol. The van der Waals surface area contributed by atoms with Gasteiger partial charge in [0.1, 0.15) is 6.04 Å².